The van der Waals surface area contributed by atoms with Gasteiger partial charge in [-0.05, 0) is 54.3 Å². The van der Waals surface area contributed by atoms with Crippen LogP contribution in [0.1, 0.15) is 38.7 Å². The summed E-state index contributed by atoms with van der Waals surface area (Å²) < 4.78 is 2.24. The second-order valence-corrected chi connectivity index (χ2v) is 10.2. The van der Waals surface area contributed by atoms with Crippen LogP contribution < -0.4 is 22.3 Å². The second-order valence-electron chi connectivity index (χ2n) is 9.77. The lowest BCUT2D eigenvalue weighted by Gasteiger charge is -2.22. The summed E-state index contributed by atoms with van der Waals surface area (Å²) in [6.45, 7) is 5.01. The van der Waals surface area contributed by atoms with Crippen molar-refractivity contribution >= 4 is 51.9 Å². The predicted octanol–water partition coefficient (Wildman–Crippen LogP) is 3.19. The number of nitrogens with two attached hydrogens (primary N) is 1. The first-order valence-electron chi connectivity index (χ1n) is 13.2. The highest BCUT2D eigenvalue weighted by Gasteiger charge is 2.23. The molecule has 11 heteroatoms. The van der Waals surface area contributed by atoms with E-state index in [1.807, 2.05) is 24.8 Å². The molecule has 1 aliphatic heterocycles. The Balaban J connectivity index is 1.80. The van der Waals surface area contributed by atoms with Crippen molar-refractivity contribution in [2.75, 3.05) is 20.1 Å². The first-order chi connectivity index (χ1) is 19.1. The van der Waals surface area contributed by atoms with Crippen LogP contribution in [0.5, 0.6) is 0 Å². The highest BCUT2D eigenvalue weighted by atomic mass is 35.5. The van der Waals surface area contributed by atoms with Crippen LogP contribution in [-0.4, -0.2) is 51.8 Å². The molecule has 2 heterocycles. The molecule has 1 aromatic heterocycles. The molecule has 40 heavy (non-hydrogen) atoms. The van der Waals surface area contributed by atoms with Gasteiger partial charge in [-0.25, -0.2) is 9.79 Å². The first kappa shape index (κ1) is 28.8. The molecular weight excluding hydrogens is 532 g/mol. The van der Waals surface area contributed by atoms with E-state index in [4.69, 9.17) is 17.3 Å². The molecule has 1 aliphatic rings. The highest BCUT2D eigenvalue weighted by Crippen LogP contribution is 2.37. The Bertz CT molecular complexity index is 1680. The second kappa shape index (κ2) is 11.9. The third-order valence-corrected chi connectivity index (χ3v) is 7.19. The number of fused-ring (bicyclic) bond motifs is 2. The van der Waals surface area contributed by atoms with E-state index in [9.17, 15) is 19.2 Å². The van der Waals surface area contributed by atoms with Crippen LogP contribution >= 0.6 is 11.6 Å². The lowest BCUT2D eigenvalue weighted by atomic mass is 9.99. The molecule has 0 bridgehead atoms. The van der Waals surface area contributed by atoms with Crippen molar-refractivity contribution in [1.82, 2.24) is 19.4 Å². The Morgan fingerprint density at radius 2 is 1.80 bits per heavy atom. The van der Waals surface area contributed by atoms with Crippen LogP contribution in [0.4, 0.5) is 5.69 Å². The molecule has 3 N–H and O–H groups in total. The van der Waals surface area contributed by atoms with Gasteiger partial charge in [-0.1, -0.05) is 31.5 Å². The number of benzene rings is 2. The maximum Gasteiger partial charge on any atom is 0.331 e. The summed E-state index contributed by atoms with van der Waals surface area (Å²) in [5, 5.41) is 3.12. The minimum absolute atomic E-state index is 0.0765. The molecule has 3 aromatic rings. The first-order valence-corrected chi connectivity index (χ1v) is 13.6. The van der Waals surface area contributed by atoms with Gasteiger partial charge in [-0.15, -0.1) is 0 Å². The molecule has 0 radical (unpaired) electrons. The fourth-order valence-corrected chi connectivity index (χ4v) is 5.13. The predicted molar refractivity (Wildman–Crippen MR) is 159 cm³/mol. The van der Waals surface area contributed by atoms with E-state index >= 15 is 0 Å². The molecule has 2 aromatic carbocycles. The molecule has 0 atom stereocenters. The summed E-state index contributed by atoms with van der Waals surface area (Å²) in [6.07, 6.45) is 3.68. The number of hydrogen-bond acceptors (Lipinski definition) is 6. The third-order valence-electron chi connectivity index (χ3n) is 6.88. The fourth-order valence-electron chi connectivity index (χ4n) is 4.86. The smallest absolute Gasteiger partial charge is 0.331 e. The zero-order valence-electron chi connectivity index (χ0n) is 23.1. The van der Waals surface area contributed by atoms with Gasteiger partial charge in [-0.3, -0.25) is 23.5 Å². The Hall–Kier alpha value is -4.18. The fraction of sp³-hybridized carbons (Fsp3) is 0.345. The number of nitrogens with zero attached hydrogens (tertiary/aromatic N) is 4. The van der Waals surface area contributed by atoms with Crippen molar-refractivity contribution in [2.24, 2.45) is 17.8 Å². The van der Waals surface area contributed by atoms with E-state index in [-0.39, 0.29) is 18.9 Å². The molecule has 0 unspecified atom stereocenters. The lowest BCUT2D eigenvalue weighted by Crippen LogP contribution is -2.42. The number of aliphatic imine (C=N–C) groups is 1. The molecule has 0 fully saturated rings. The number of carbonyl (C=O) groups excluding carboxylic acids is 2. The highest BCUT2D eigenvalue weighted by molar-refractivity contribution is 6.33. The zero-order chi connectivity index (χ0) is 29.1. The zero-order valence-corrected chi connectivity index (χ0v) is 23.8. The normalized spacial score (nSPS) is 12.8. The molecule has 0 spiro atoms. The molecule has 0 saturated carbocycles. The molecule has 4 rings (SSSR count). The summed E-state index contributed by atoms with van der Waals surface area (Å²) in [5.74, 6) is -0.221. The van der Waals surface area contributed by atoms with Crippen LogP contribution in [0.2, 0.25) is 5.02 Å². The maximum absolute atomic E-state index is 13.3. The van der Waals surface area contributed by atoms with Gasteiger partial charge < -0.3 is 16.0 Å². The van der Waals surface area contributed by atoms with Gasteiger partial charge in [-0.2, -0.15) is 0 Å². The number of aromatic nitrogens is 2. The molecule has 0 saturated heterocycles. The molecule has 2 amide bonds. The van der Waals surface area contributed by atoms with Crippen molar-refractivity contribution in [2.45, 2.75) is 39.7 Å². The average Bonchev–Trinajstić information content (AvgIpc) is 3.11. The van der Waals surface area contributed by atoms with Crippen molar-refractivity contribution in [3.63, 3.8) is 0 Å². The van der Waals surface area contributed by atoms with Crippen LogP contribution in [0.15, 0.2) is 50.5 Å². The number of hydrogen-bond donors (Lipinski definition) is 2. The van der Waals surface area contributed by atoms with Gasteiger partial charge in [0.1, 0.15) is 12.4 Å². The number of halogens is 1. The van der Waals surface area contributed by atoms with E-state index < -0.39 is 17.2 Å². The minimum Gasteiger partial charge on any atom is -0.387 e. The SMILES string of the molecule is CCCN(CCC)C(=O)C1=Cc2c(Cl)cc(-c3ccc4c(=O)n(CC(=O)NC)c(=O)n(C)c4c3)cc2N=C(N)C1. The van der Waals surface area contributed by atoms with E-state index in [0.717, 1.165) is 17.4 Å². The number of amidine groups is 1. The van der Waals surface area contributed by atoms with E-state index in [2.05, 4.69) is 10.3 Å². The number of amides is 2. The standard InChI is InChI=1S/C29H33ClN6O4/c1-5-9-35(10-6-2)27(38)19-11-21-22(30)12-18(13-23(21)33-25(31)15-19)17-7-8-20-24(14-17)34(4)29(40)36(28(20)39)16-26(37)32-3/h7-8,11-14H,5-6,9-10,15-16H2,1-4H3,(H2,31,33)(H,32,37). The Kier molecular flexibility index (Phi) is 8.58. The molecular formula is C29H33ClN6O4. The van der Waals surface area contributed by atoms with Gasteiger partial charge in [0.25, 0.3) is 5.56 Å². The number of carbonyl (C=O) groups is 2. The Morgan fingerprint density at radius 1 is 1.10 bits per heavy atom. The molecule has 210 valence electrons. The van der Waals surface area contributed by atoms with Gasteiger partial charge >= 0.3 is 5.69 Å². The van der Waals surface area contributed by atoms with Crippen LogP contribution in [0, 0.1) is 0 Å². The van der Waals surface area contributed by atoms with Crippen molar-refractivity contribution in [3.8, 4) is 11.1 Å². The Morgan fingerprint density at radius 3 is 2.45 bits per heavy atom. The Labute approximate surface area is 236 Å². The topological polar surface area (TPSA) is 132 Å². The van der Waals surface area contributed by atoms with E-state index in [1.54, 1.807) is 37.4 Å². The van der Waals surface area contributed by atoms with Crippen LogP contribution in [0.3, 0.4) is 0 Å². The molecule has 10 nitrogen and oxygen atoms in total. The maximum atomic E-state index is 13.3. The quantitative estimate of drug-likeness (QED) is 0.434. The summed E-state index contributed by atoms with van der Waals surface area (Å²) >= 11 is 6.75. The van der Waals surface area contributed by atoms with Gasteiger partial charge in [0.2, 0.25) is 11.8 Å². The number of aryl methyl sites for hydroxylation is 1. The summed E-state index contributed by atoms with van der Waals surface area (Å²) in [4.78, 5) is 57.5. The van der Waals surface area contributed by atoms with Gasteiger partial charge in [0.15, 0.2) is 0 Å². The summed E-state index contributed by atoms with van der Waals surface area (Å²) in [5.41, 5.74) is 8.57. The monoisotopic (exact) mass is 564 g/mol. The van der Waals surface area contributed by atoms with Gasteiger partial charge in [0.05, 0.1) is 21.6 Å². The van der Waals surface area contributed by atoms with Crippen molar-refractivity contribution in [1.29, 1.82) is 0 Å². The van der Waals surface area contributed by atoms with Crippen molar-refractivity contribution < 1.29 is 9.59 Å². The lowest BCUT2D eigenvalue weighted by molar-refractivity contribution is -0.127. The van der Waals surface area contributed by atoms with Crippen molar-refractivity contribution in [3.05, 3.63) is 67.3 Å². The van der Waals surface area contributed by atoms with Gasteiger partial charge in [0, 0.05) is 44.7 Å². The molecule has 0 aliphatic carbocycles. The van der Waals surface area contributed by atoms with E-state index in [0.29, 0.717) is 62.8 Å². The van der Waals surface area contributed by atoms with E-state index in [1.165, 1.54) is 11.6 Å². The number of rotatable bonds is 8. The number of nitrogens with one attached hydrogen (secondary N) is 1. The van der Waals surface area contributed by atoms with Crippen LogP contribution in [0.25, 0.3) is 28.1 Å². The third kappa shape index (κ3) is 5.58. The minimum atomic E-state index is -0.599. The van der Waals surface area contributed by atoms with Crippen LogP contribution in [-0.2, 0) is 23.2 Å². The number of likely N-dealkylation sites (N-methyl/N-ethyl adjacent to an activating group) is 1. The largest absolute Gasteiger partial charge is 0.387 e. The average molecular weight is 565 g/mol. The summed E-state index contributed by atoms with van der Waals surface area (Å²) in [7, 11) is 2.99. The summed E-state index contributed by atoms with van der Waals surface area (Å²) in [6, 6.07) is 8.68.